The molecule has 8 heteroatoms. The highest BCUT2D eigenvalue weighted by atomic mass is 32.1. The van der Waals surface area contributed by atoms with Crippen LogP contribution in [-0.2, 0) is 4.84 Å². The van der Waals surface area contributed by atoms with Gasteiger partial charge in [0.25, 0.3) is 5.17 Å². The molecule has 25 heavy (non-hydrogen) atoms. The van der Waals surface area contributed by atoms with Crippen molar-refractivity contribution in [2.45, 2.75) is 6.92 Å². The second-order valence-electron chi connectivity index (χ2n) is 4.94. The summed E-state index contributed by atoms with van der Waals surface area (Å²) in [6, 6.07) is 12.1. The predicted molar refractivity (Wildman–Crippen MR) is 101 cm³/mol. The lowest BCUT2D eigenvalue weighted by atomic mass is 10.3. The lowest BCUT2D eigenvalue weighted by Crippen LogP contribution is -2.33. The van der Waals surface area contributed by atoms with Crippen LogP contribution in [0.25, 0.3) is 0 Å². The van der Waals surface area contributed by atoms with Crippen LogP contribution < -0.4 is 15.0 Å². The average Bonchev–Trinajstić information content (AvgIpc) is 2.62. The van der Waals surface area contributed by atoms with Crippen LogP contribution in [0.3, 0.4) is 0 Å². The third-order valence-corrected chi connectivity index (χ3v) is 3.62. The summed E-state index contributed by atoms with van der Waals surface area (Å²) in [7, 11) is 2.92. The molecular weight excluding hydrogens is 340 g/mol. The molecule has 7 nitrogen and oxygen atoms in total. The minimum Gasteiger partial charge on any atom is -0.431 e. The van der Waals surface area contributed by atoms with Gasteiger partial charge in [-0.15, -0.1) is 0 Å². The van der Waals surface area contributed by atoms with Gasteiger partial charge in [0.2, 0.25) is 0 Å². The molecule has 0 bridgehead atoms. The first-order chi connectivity index (χ1) is 12.0. The number of carbonyl (C=O) groups excluding carboxylic acids is 1. The molecule has 132 valence electrons. The highest BCUT2D eigenvalue weighted by Gasteiger charge is 2.14. The fourth-order valence-corrected chi connectivity index (χ4v) is 2.30. The lowest BCUT2D eigenvalue weighted by Gasteiger charge is -2.22. The van der Waals surface area contributed by atoms with E-state index in [2.05, 4.69) is 10.3 Å². The molecule has 0 atom stereocenters. The van der Waals surface area contributed by atoms with Gasteiger partial charge in [-0.05, 0) is 43.4 Å². The van der Waals surface area contributed by atoms with E-state index in [0.29, 0.717) is 23.8 Å². The number of hydroxylamine groups is 2. The predicted octanol–water partition coefficient (Wildman–Crippen LogP) is 3.30. The second-order valence-corrected chi connectivity index (χ2v) is 5.29. The molecule has 2 rings (SSSR count). The fourth-order valence-electron chi connectivity index (χ4n) is 1.98. The number of rotatable bonds is 5. The number of anilines is 2. The molecular formula is C17H20N4O3S. The quantitative estimate of drug-likeness (QED) is 0.652. The molecule has 0 spiro atoms. The third kappa shape index (κ3) is 5.13. The monoisotopic (exact) mass is 360 g/mol. The number of ether oxygens (including phenoxy) is 1. The Morgan fingerprint density at radius 2 is 2.08 bits per heavy atom. The number of hydrogen-bond acceptors (Lipinski definition) is 5. The average molecular weight is 360 g/mol. The number of pyridine rings is 1. The van der Waals surface area contributed by atoms with Crippen molar-refractivity contribution in [2.24, 2.45) is 0 Å². The van der Waals surface area contributed by atoms with E-state index < -0.39 is 6.03 Å². The van der Waals surface area contributed by atoms with Crippen LogP contribution in [0.2, 0.25) is 0 Å². The van der Waals surface area contributed by atoms with E-state index in [1.165, 1.54) is 14.2 Å². The van der Waals surface area contributed by atoms with Gasteiger partial charge in [-0.25, -0.2) is 14.8 Å². The van der Waals surface area contributed by atoms with Crippen molar-refractivity contribution in [1.82, 2.24) is 10.0 Å². The fraction of sp³-hybridized carbons (Fsp3) is 0.235. The maximum Gasteiger partial charge on any atom is 0.345 e. The number of hydrogen-bond donors (Lipinski definition) is 1. The van der Waals surface area contributed by atoms with E-state index in [-0.39, 0.29) is 5.17 Å². The van der Waals surface area contributed by atoms with Crippen molar-refractivity contribution in [3.05, 3.63) is 48.7 Å². The molecule has 1 aromatic carbocycles. The van der Waals surface area contributed by atoms with Crippen LogP contribution in [0, 0.1) is 0 Å². The Labute approximate surface area is 152 Å². The van der Waals surface area contributed by atoms with Crippen molar-refractivity contribution >= 4 is 34.9 Å². The molecule has 1 heterocycles. The number of benzene rings is 1. The van der Waals surface area contributed by atoms with Crippen molar-refractivity contribution in [3.63, 3.8) is 0 Å². The van der Waals surface area contributed by atoms with Crippen LogP contribution >= 0.6 is 12.2 Å². The van der Waals surface area contributed by atoms with Gasteiger partial charge in [-0.3, -0.25) is 9.74 Å². The highest BCUT2D eigenvalue weighted by molar-refractivity contribution is 7.80. The van der Waals surface area contributed by atoms with Crippen molar-refractivity contribution in [2.75, 3.05) is 30.9 Å². The zero-order valence-electron chi connectivity index (χ0n) is 14.3. The SMILES string of the molecule is CCN(C(=S)Oc1cccc(NC(=O)N(C)OC)c1)c1ccccn1. The van der Waals surface area contributed by atoms with Gasteiger partial charge in [0, 0.05) is 31.5 Å². The molecule has 0 aliphatic carbocycles. The highest BCUT2D eigenvalue weighted by Crippen LogP contribution is 2.20. The normalized spacial score (nSPS) is 10.0. The molecule has 0 saturated heterocycles. The Bertz CT molecular complexity index is 727. The number of nitrogens with zero attached hydrogens (tertiary/aromatic N) is 3. The first-order valence-electron chi connectivity index (χ1n) is 7.64. The Hall–Kier alpha value is -2.71. The second kappa shape index (κ2) is 8.95. The van der Waals surface area contributed by atoms with Crippen LogP contribution in [0.15, 0.2) is 48.7 Å². The van der Waals surface area contributed by atoms with E-state index in [4.69, 9.17) is 21.8 Å². The topological polar surface area (TPSA) is 66.9 Å². The summed E-state index contributed by atoms with van der Waals surface area (Å²) in [6.45, 7) is 2.58. The molecule has 1 aromatic heterocycles. The number of carbonyl (C=O) groups is 1. The Kier molecular flexibility index (Phi) is 6.67. The van der Waals surface area contributed by atoms with E-state index in [1.54, 1.807) is 35.4 Å². The third-order valence-electron chi connectivity index (χ3n) is 3.31. The summed E-state index contributed by atoms with van der Waals surface area (Å²) in [6.07, 6.45) is 1.70. The number of urea groups is 1. The molecule has 1 N–H and O–H groups in total. The molecule has 0 saturated carbocycles. The Morgan fingerprint density at radius 3 is 2.72 bits per heavy atom. The maximum absolute atomic E-state index is 11.8. The smallest absolute Gasteiger partial charge is 0.345 e. The Morgan fingerprint density at radius 1 is 1.28 bits per heavy atom. The Balaban J connectivity index is 2.08. The largest absolute Gasteiger partial charge is 0.431 e. The van der Waals surface area contributed by atoms with E-state index >= 15 is 0 Å². The summed E-state index contributed by atoms with van der Waals surface area (Å²) in [5.41, 5.74) is 0.565. The molecule has 0 fully saturated rings. The maximum atomic E-state index is 11.8. The number of aromatic nitrogens is 1. The molecule has 0 aliphatic heterocycles. The first kappa shape index (κ1) is 18.6. The summed E-state index contributed by atoms with van der Waals surface area (Å²) in [5, 5.41) is 4.05. The van der Waals surface area contributed by atoms with Gasteiger partial charge in [0.15, 0.2) is 0 Å². The van der Waals surface area contributed by atoms with Gasteiger partial charge in [0.1, 0.15) is 11.6 Å². The summed E-state index contributed by atoms with van der Waals surface area (Å²) in [4.78, 5) is 22.7. The minimum atomic E-state index is -0.397. The van der Waals surface area contributed by atoms with Crippen LogP contribution in [0.1, 0.15) is 6.92 Å². The van der Waals surface area contributed by atoms with Crippen LogP contribution in [-0.4, -0.2) is 42.0 Å². The zero-order chi connectivity index (χ0) is 18.2. The van der Waals surface area contributed by atoms with Crippen molar-refractivity contribution < 1.29 is 14.4 Å². The molecule has 0 aliphatic rings. The van der Waals surface area contributed by atoms with Crippen molar-refractivity contribution in [3.8, 4) is 5.75 Å². The number of thiocarbonyl (C=S) groups is 1. The zero-order valence-corrected chi connectivity index (χ0v) is 15.1. The first-order valence-corrected chi connectivity index (χ1v) is 8.05. The van der Waals surface area contributed by atoms with Gasteiger partial charge in [-0.1, -0.05) is 12.1 Å². The van der Waals surface area contributed by atoms with Gasteiger partial charge >= 0.3 is 6.03 Å². The van der Waals surface area contributed by atoms with Crippen LogP contribution in [0.4, 0.5) is 16.3 Å². The number of nitrogens with one attached hydrogen (secondary N) is 1. The lowest BCUT2D eigenvalue weighted by molar-refractivity contribution is -0.0598. The van der Waals surface area contributed by atoms with Crippen molar-refractivity contribution in [1.29, 1.82) is 0 Å². The van der Waals surface area contributed by atoms with E-state index in [1.807, 2.05) is 25.1 Å². The summed E-state index contributed by atoms with van der Waals surface area (Å²) in [5.74, 6) is 1.22. The van der Waals surface area contributed by atoms with E-state index in [0.717, 1.165) is 5.06 Å². The molecule has 2 aromatic rings. The number of amides is 2. The molecule has 0 unspecified atom stereocenters. The molecule has 2 amide bonds. The summed E-state index contributed by atoms with van der Waals surface area (Å²) >= 11 is 5.38. The van der Waals surface area contributed by atoms with Gasteiger partial charge < -0.3 is 10.1 Å². The van der Waals surface area contributed by atoms with Crippen LogP contribution in [0.5, 0.6) is 5.75 Å². The summed E-state index contributed by atoms with van der Waals surface area (Å²) < 4.78 is 5.75. The molecule has 0 radical (unpaired) electrons. The standard InChI is InChI=1S/C17H20N4O3S/c1-4-21(15-10-5-6-11-18-15)17(25)24-14-9-7-8-13(12-14)19-16(22)20(2)23-3/h5-12H,4H2,1-3H3,(H,19,22). The minimum absolute atomic E-state index is 0.277. The van der Waals surface area contributed by atoms with Gasteiger partial charge in [-0.2, -0.15) is 0 Å². The van der Waals surface area contributed by atoms with E-state index in [9.17, 15) is 4.79 Å². The van der Waals surface area contributed by atoms with Gasteiger partial charge in [0.05, 0.1) is 7.11 Å².